The van der Waals surface area contributed by atoms with Crippen molar-refractivity contribution in [1.82, 2.24) is 15.2 Å². The van der Waals surface area contributed by atoms with Gasteiger partial charge in [0.1, 0.15) is 0 Å². The molecule has 1 aromatic rings. The lowest BCUT2D eigenvalue weighted by molar-refractivity contribution is -0.132. The van der Waals surface area contributed by atoms with Crippen LogP contribution in [0.25, 0.3) is 0 Å². The van der Waals surface area contributed by atoms with Crippen molar-refractivity contribution in [2.45, 2.75) is 19.8 Å². The fraction of sp³-hybridized carbons (Fsp3) is 0.529. The largest absolute Gasteiger partial charge is 0.490 e. The van der Waals surface area contributed by atoms with Gasteiger partial charge in [0.2, 0.25) is 15.9 Å². The van der Waals surface area contributed by atoms with Gasteiger partial charge in [0.05, 0.1) is 18.8 Å². The molecule has 0 radical (unpaired) electrons. The van der Waals surface area contributed by atoms with Crippen LogP contribution in [0.4, 0.5) is 0 Å². The number of hydrogen-bond donors (Lipinski definition) is 2. The molecule has 1 aliphatic rings. The Morgan fingerprint density at radius 1 is 1.19 bits per heavy atom. The van der Waals surface area contributed by atoms with Crippen LogP contribution in [0, 0.1) is 5.92 Å². The highest BCUT2D eigenvalue weighted by molar-refractivity contribution is 7.88. The lowest BCUT2D eigenvalue weighted by Gasteiger charge is -2.30. The number of nitrogens with zero attached hydrogens (tertiary/aromatic N) is 1. The Kier molecular flexibility index (Phi) is 7.43. The van der Waals surface area contributed by atoms with Gasteiger partial charge in [-0.05, 0) is 31.9 Å². The summed E-state index contributed by atoms with van der Waals surface area (Å²) in [6.45, 7) is 2.52. The molecular formula is C17H25N3O6S. The third-order valence-corrected chi connectivity index (χ3v) is 5.33. The van der Waals surface area contributed by atoms with Crippen LogP contribution in [-0.4, -0.2) is 57.1 Å². The van der Waals surface area contributed by atoms with Gasteiger partial charge in [0, 0.05) is 13.1 Å². The smallest absolute Gasteiger partial charge is 0.276 e. The lowest BCUT2D eigenvalue weighted by atomic mass is 9.99. The third kappa shape index (κ3) is 6.40. The second-order valence-electron chi connectivity index (χ2n) is 6.17. The van der Waals surface area contributed by atoms with E-state index in [1.807, 2.05) is 6.92 Å². The van der Waals surface area contributed by atoms with Crippen LogP contribution in [-0.2, 0) is 19.6 Å². The molecule has 150 valence electrons. The molecule has 0 bridgehead atoms. The number of para-hydroxylation sites is 2. The Bertz CT molecular complexity index is 768. The second kappa shape index (κ2) is 9.56. The third-order valence-electron chi connectivity index (χ3n) is 4.06. The van der Waals surface area contributed by atoms with Crippen molar-refractivity contribution in [3.05, 3.63) is 24.3 Å². The maximum atomic E-state index is 12.2. The zero-order valence-corrected chi connectivity index (χ0v) is 16.3. The normalized spacial score (nSPS) is 17.8. The van der Waals surface area contributed by atoms with E-state index in [-0.39, 0.29) is 13.2 Å². The molecule has 0 aliphatic carbocycles. The first kappa shape index (κ1) is 21.0. The first-order chi connectivity index (χ1) is 12.8. The van der Waals surface area contributed by atoms with Crippen LogP contribution in [0.2, 0.25) is 0 Å². The molecule has 0 aromatic heterocycles. The Morgan fingerprint density at radius 2 is 1.85 bits per heavy atom. The van der Waals surface area contributed by atoms with E-state index in [0.29, 0.717) is 37.5 Å². The predicted octanol–water partition coefficient (Wildman–Crippen LogP) is 0.283. The number of ether oxygens (including phenoxy) is 2. The second-order valence-corrected chi connectivity index (χ2v) is 8.15. The standard InChI is InChI=1S/C17H25N3O6S/c1-3-25-14-8-4-5-9-15(14)26-12-16(21)18-19-17(22)13-7-6-10-20(11-13)27(2,23)24/h4-5,8-9,13H,3,6-7,10-12H2,1-2H3,(H,18,21)(H,19,22). The van der Waals surface area contributed by atoms with Crippen molar-refractivity contribution >= 4 is 21.8 Å². The number of nitrogens with one attached hydrogen (secondary N) is 2. The molecule has 2 N–H and O–H groups in total. The summed E-state index contributed by atoms with van der Waals surface area (Å²) in [4.78, 5) is 24.1. The highest BCUT2D eigenvalue weighted by atomic mass is 32.2. The molecule has 10 heteroatoms. The molecule has 1 heterocycles. The van der Waals surface area contributed by atoms with Crippen LogP contribution in [0.1, 0.15) is 19.8 Å². The highest BCUT2D eigenvalue weighted by Crippen LogP contribution is 2.26. The molecule has 27 heavy (non-hydrogen) atoms. The average Bonchev–Trinajstić information content (AvgIpc) is 2.65. The Morgan fingerprint density at radius 3 is 2.48 bits per heavy atom. The molecule has 0 saturated carbocycles. The summed E-state index contributed by atoms with van der Waals surface area (Å²) in [7, 11) is -3.34. The van der Waals surface area contributed by atoms with Crippen LogP contribution < -0.4 is 20.3 Å². The number of carbonyl (C=O) groups is 2. The molecule has 1 unspecified atom stereocenters. The Balaban J connectivity index is 1.79. The van der Waals surface area contributed by atoms with Gasteiger partial charge in [-0.25, -0.2) is 12.7 Å². The number of amides is 2. The molecule has 2 rings (SSSR count). The first-order valence-corrected chi connectivity index (χ1v) is 10.5. The van der Waals surface area contributed by atoms with Crippen molar-refractivity contribution in [1.29, 1.82) is 0 Å². The number of hydrazine groups is 1. The van der Waals surface area contributed by atoms with Gasteiger partial charge in [-0.3, -0.25) is 20.4 Å². The SMILES string of the molecule is CCOc1ccccc1OCC(=O)NNC(=O)C1CCCN(S(C)(=O)=O)C1. The molecule has 1 atom stereocenters. The first-order valence-electron chi connectivity index (χ1n) is 8.69. The number of sulfonamides is 1. The quantitative estimate of drug-likeness (QED) is 0.637. The number of hydrogen-bond acceptors (Lipinski definition) is 6. The average molecular weight is 399 g/mol. The van der Waals surface area contributed by atoms with Gasteiger partial charge in [0.25, 0.3) is 5.91 Å². The van der Waals surface area contributed by atoms with Gasteiger partial charge >= 0.3 is 0 Å². The number of carbonyl (C=O) groups excluding carboxylic acids is 2. The van der Waals surface area contributed by atoms with Crippen LogP contribution >= 0.6 is 0 Å². The molecule has 1 aliphatic heterocycles. The van der Waals surface area contributed by atoms with Crippen molar-refractivity contribution in [2.24, 2.45) is 5.92 Å². The Labute approximate surface area is 159 Å². The van der Waals surface area contributed by atoms with E-state index in [2.05, 4.69) is 10.9 Å². The van der Waals surface area contributed by atoms with Gasteiger partial charge in [-0.1, -0.05) is 12.1 Å². The van der Waals surface area contributed by atoms with E-state index >= 15 is 0 Å². The topological polar surface area (TPSA) is 114 Å². The van der Waals surface area contributed by atoms with E-state index in [1.165, 1.54) is 4.31 Å². The summed E-state index contributed by atoms with van der Waals surface area (Å²) in [5.41, 5.74) is 4.61. The van der Waals surface area contributed by atoms with Crippen molar-refractivity contribution in [3.8, 4) is 11.5 Å². The zero-order chi connectivity index (χ0) is 19.9. The molecular weight excluding hydrogens is 374 g/mol. The summed E-state index contributed by atoms with van der Waals surface area (Å²) < 4.78 is 35.3. The van der Waals surface area contributed by atoms with Gasteiger partial charge < -0.3 is 9.47 Å². The summed E-state index contributed by atoms with van der Waals surface area (Å²) in [5.74, 6) is -0.512. The summed E-state index contributed by atoms with van der Waals surface area (Å²) in [5, 5.41) is 0. The summed E-state index contributed by atoms with van der Waals surface area (Å²) >= 11 is 0. The Hall–Kier alpha value is -2.33. The summed E-state index contributed by atoms with van der Waals surface area (Å²) in [6.07, 6.45) is 2.27. The monoisotopic (exact) mass is 399 g/mol. The van der Waals surface area contributed by atoms with E-state index in [1.54, 1.807) is 24.3 Å². The van der Waals surface area contributed by atoms with Crippen molar-refractivity contribution in [3.63, 3.8) is 0 Å². The minimum Gasteiger partial charge on any atom is -0.490 e. The minimum atomic E-state index is -3.34. The van der Waals surface area contributed by atoms with Gasteiger partial charge in [-0.15, -0.1) is 0 Å². The van der Waals surface area contributed by atoms with Crippen LogP contribution in [0.15, 0.2) is 24.3 Å². The van der Waals surface area contributed by atoms with E-state index in [4.69, 9.17) is 9.47 Å². The maximum Gasteiger partial charge on any atom is 0.276 e. The van der Waals surface area contributed by atoms with E-state index in [9.17, 15) is 18.0 Å². The van der Waals surface area contributed by atoms with E-state index < -0.39 is 27.8 Å². The van der Waals surface area contributed by atoms with Crippen LogP contribution in [0.3, 0.4) is 0 Å². The zero-order valence-electron chi connectivity index (χ0n) is 15.4. The van der Waals surface area contributed by atoms with Crippen LogP contribution in [0.5, 0.6) is 11.5 Å². The van der Waals surface area contributed by atoms with Crippen molar-refractivity contribution in [2.75, 3.05) is 32.6 Å². The van der Waals surface area contributed by atoms with E-state index in [0.717, 1.165) is 6.26 Å². The van der Waals surface area contributed by atoms with Gasteiger partial charge in [-0.2, -0.15) is 0 Å². The maximum absolute atomic E-state index is 12.2. The number of rotatable bonds is 7. The molecule has 2 amide bonds. The fourth-order valence-electron chi connectivity index (χ4n) is 2.71. The molecule has 0 spiro atoms. The van der Waals surface area contributed by atoms with Gasteiger partial charge in [0.15, 0.2) is 18.1 Å². The molecule has 1 saturated heterocycles. The summed E-state index contributed by atoms with van der Waals surface area (Å²) in [6, 6.07) is 6.96. The molecule has 1 fully saturated rings. The van der Waals surface area contributed by atoms with Crippen molar-refractivity contribution < 1.29 is 27.5 Å². The predicted molar refractivity (Wildman–Crippen MR) is 98.5 cm³/mol. The highest BCUT2D eigenvalue weighted by Gasteiger charge is 2.30. The minimum absolute atomic E-state index is 0.110. The number of benzene rings is 1. The number of piperidine rings is 1. The molecule has 1 aromatic carbocycles. The fourth-order valence-corrected chi connectivity index (χ4v) is 3.63. The molecule has 9 nitrogen and oxygen atoms in total. The lowest BCUT2D eigenvalue weighted by Crippen LogP contribution is -2.50.